The lowest BCUT2D eigenvalue weighted by atomic mass is 10.1. The number of halogens is 3. The van der Waals surface area contributed by atoms with Gasteiger partial charge in [-0.3, -0.25) is 0 Å². The third-order valence-electron chi connectivity index (χ3n) is 2.23. The first-order chi connectivity index (χ1) is 9.16. The molecule has 0 saturated carbocycles. The lowest BCUT2D eigenvalue weighted by Gasteiger charge is -2.19. The minimum atomic E-state index is -4.31. The van der Waals surface area contributed by atoms with Gasteiger partial charge in [0.2, 0.25) is 11.8 Å². The van der Waals surface area contributed by atoms with Crippen LogP contribution in [0.15, 0.2) is 4.42 Å². The molecule has 0 bridgehead atoms. The fraction of sp³-hybridized carbons (Fsp3) is 0.833. The molecule has 1 aromatic heterocycles. The first-order valence-corrected chi connectivity index (χ1v) is 6.36. The molecule has 0 fully saturated rings. The van der Waals surface area contributed by atoms with E-state index < -0.39 is 12.8 Å². The average Bonchev–Trinajstić information content (AvgIpc) is 2.69. The van der Waals surface area contributed by atoms with Crippen LogP contribution in [0.5, 0.6) is 0 Å². The Morgan fingerprint density at radius 1 is 1.10 bits per heavy atom. The molecule has 0 saturated heterocycles. The molecule has 0 atom stereocenters. The largest absolute Gasteiger partial charge is 0.425 e. The predicted octanol–water partition coefficient (Wildman–Crippen LogP) is 2.12. The fourth-order valence-corrected chi connectivity index (χ4v) is 1.38. The van der Waals surface area contributed by atoms with Crippen LogP contribution in [0.4, 0.5) is 13.2 Å². The summed E-state index contributed by atoms with van der Waals surface area (Å²) < 4.78 is 45.3. The molecule has 1 heterocycles. The van der Waals surface area contributed by atoms with Gasteiger partial charge >= 0.3 is 6.18 Å². The average molecular weight is 295 g/mol. The number of ether oxygens (including phenoxy) is 1. The zero-order valence-corrected chi connectivity index (χ0v) is 11.9. The van der Waals surface area contributed by atoms with Crippen molar-refractivity contribution >= 4 is 0 Å². The van der Waals surface area contributed by atoms with Crippen molar-refractivity contribution in [3.63, 3.8) is 0 Å². The van der Waals surface area contributed by atoms with Crippen molar-refractivity contribution in [2.45, 2.75) is 45.3 Å². The summed E-state index contributed by atoms with van der Waals surface area (Å²) in [6.45, 7) is 5.47. The summed E-state index contributed by atoms with van der Waals surface area (Å²) in [4.78, 5) is 0. The zero-order chi connectivity index (χ0) is 15.2. The number of alkyl halides is 3. The second-order valence-corrected chi connectivity index (χ2v) is 5.43. The summed E-state index contributed by atoms with van der Waals surface area (Å²) >= 11 is 0. The molecule has 0 aliphatic carbocycles. The van der Waals surface area contributed by atoms with E-state index in [1.807, 2.05) is 20.8 Å². The summed E-state index contributed by atoms with van der Waals surface area (Å²) in [6.07, 6.45) is -3.55. The Labute approximate surface area is 115 Å². The molecule has 0 aromatic carbocycles. The Morgan fingerprint density at radius 2 is 1.70 bits per heavy atom. The maximum atomic E-state index is 11.8. The maximum absolute atomic E-state index is 11.8. The highest BCUT2D eigenvalue weighted by molar-refractivity contribution is 4.84. The number of rotatable bonds is 7. The van der Waals surface area contributed by atoms with E-state index in [9.17, 15) is 13.2 Å². The molecule has 0 amide bonds. The van der Waals surface area contributed by atoms with Gasteiger partial charge in [-0.25, -0.2) is 0 Å². The Hall–Kier alpha value is -1.15. The van der Waals surface area contributed by atoms with Gasteiger partial charge in [0.15, 0.2) is 0 Å². The number of hydrogen-bond acceptors (Lipinski definition) is 5. The monoisotopic (exact) mass is 295 g/mol. The minimum absolute atomic E-state index is 0.00822. The topological polar surface area (TPSA) is 60.2 Å². The van der Waals surface area contributed by atoms with Crippen LogP contribution in [-0.2, 0) is 17.6 Å². The highest BCUT2D eigenvalue weighted by atomic mass is 19.4. The van der Waals surface area contributed by atoms with Crippen LogP contribution in [0, 0.1) is 0 Å². The summed E-state index contributed by atoms with van der Waals surface area (Å²) in [5, 5.41) is 10.9. The van der Waals surface area contributed by atoms with Crippen molar-refractivity contribution in [1.82, 2.24) is 15.5 Å². The third kappa shape index (κ3) is 8.11. The first-order valence-electron chi connectivity index (χ1n) is 6.36. The van der Waals surface area contributed by atoms with Gasteiger partial charge in [0.1, 0.15) is 6.61 Å². The minimum Gasteiger partial charge on any atom is -0.425 e. The molecule has 1 rings (SSSR count). The highest BCUT2D eigenvalue weighted by Crippen LogP contribution is 2.14. The van der Waals surface area contributed by atoms with Crippen LogP contribution >= 0.6 is 0 Å². The van der Waals surface area contributed by atoms with Gasteiger partial charge < -0.3 is 14.5 Å². The Morgan fingerprint density at radius 3 is 2.25 bits per heavy atom. The number of nitrogens with one attached hydrogen (secondary N) is 1. The first kappa shape index (κ1) is 16.9. The smallest absolute Gasteiger partial charge is 0.411 e. The Kier molecular flexibility index (Phi) is 5.94. The normalized spacial score (nSPS) is 12.9. The molecule has 0 aliphatic rings. The summed E-state index contributed by atoms with van der Waals surface area (Å²) in [5.74, 6) is 0.755. The molecule has 0 radical (unpaired) electrons. The predicted molar refractivity (Wildman–Crippen MR) is 66.3 cm³/mol. The molecule has 116 valence electrons. The molecular formula is C12H20F3N3O2. The molecule has 5 nitrogen and oxygen atoms in total. The van der Waals surface area contributed by atoms with E-state index in [4.69, 9.17) is 4.42 Å². The number of nitrogens with zero attached hydrogens (tertiary/aromatic N) is 2. The lowest BCUT2D eigenvalue weighted by molar-refractivity contribution is -0.173. The Bertz CT molecular complexity index is 399. The lowest BCUT2D eigenvalue weighted by Crippen LogP contribution is -2.37. The SMILES string of the molecule is CC(C)(C)NCCc1nnc(CCOCC(F)(F)F)o1. The summed E-state index contributed by atoms with van der Waals surface area (Å²) in [6, 6.07) is 0. The van der Waals surface area contributed by atoms with E-state index >= 15 is 0 Å². The van der Waals surface area contributed by atoms with Gasteiger partial charge in [-0.15, -0.1) is 10.2 Å². The van der Waals surface area contributed by atoms with E-state index in [-0.39, 0.29) is 24.5 Å². The van der Waals surface area contributed by atoms with Crippen LogP contribution in [-0.4, -0.2) is 41.7 Å². The van der Waals surface area contributed by atoms with Gasteiger partial charge in [0, 0.05) is 24.9 Å². The summed E-state index contributed by atoms with van der Waals surface area (Å²) in [5.41, 5.74) is 0.00822. The molecule has 1 aromatic rings. The van der Waals surface area contributed by atoms with Crippen molar-refractivity contribution in [2.75, 3.05) is 19.8 Å². The van der Waals surface area contributed by atoms with Crippen LogP contribution < -0.4 is 5.32 Å². The van der Waals surface area contributed by atoms with Gasteiger partial charge in [-0.2, -0.15) is 13.2 Å². The third-order valence-corrected chi connectivity index (χ3v) is 2.23. The van der Waals surface area contributed by atoms with Crippen LogP contribution in [0.1, 0.15) is 32.6 Å². The van der Waals surface area contributed by atoms with E-state index in [0.717, 1.165) is 0 Å². The van der Waals surface area contributed by atoms with Crippen molar-refractivity contribution in [3.8, 4) is 0 Å². The van der Waals surface area contributed by atoms with Gasteiger partial charge in [-0.1, -0.05) is 0 Å². The van der Waals surface area contributed by atoms with Gasteiger partial charge in [-0.05, 0) is 20.8 Å². The zero-order valence-electron chi connectivity index (χ0n) is 11.9. The van der Waals surface area contributed by atoms with Crippen molar-refractivity contribution in [3.05, 3.63) is 11.8 Å². The van der Waals surface area contributed by atoms with Crippen molar-refractivity contribution in [2.24, 2.45) is 0 Å². The van der Waals surface area contributed by atoms with Crippen LogP contribution in [0.25, 0.3) is 0 Å². The number of hydrogen-bond donors (Lipinski definition) is 1. The van der Waals surface area contributed by atoms with Gasteiger partial charge in [0.25, 0.3) is 0 Å². The second-order valence-electron chi connectivity index (χ2n) is 5.43. The molecule has 8 heteroatoms. The van der Waals surface area contributed by atoms with E-state index in [1.54, 1.807) is 0 Å². The molecule has 20 heavy (non-hydrogen) atoms. The molecule has 0 spiro atoms. The highest BCUT2D eigenvalue weighted by Gasteiger charge is 2.27. The van der Waals surface area contributed by atoms with E-state index in [0.29, 0.717) is 18.9 Å². The van der Waals surface area contributed by atoms with Crippen molar-refractivity contribution < 1.29 is 22.3 Å². The van der Waals surface area contributed by atoms with Crippen molar-refractivity contribution in [1.29, 1.82) is 0 Å². The quantitative estimate of drug-likeness (QED) is 0.781. The standard InChI is InChI=1S/C12H20F3N3O2/c1-11(2,3)16-6-4-9-17-18-10(20-9)5-7-19-8-12(13,14)15/h16H,4-8H2,1-3H3. The van der Waals surface area contributed by atoms with Crippen LogP contribution in [0.2, 0.25) is 0 Å². The molecule has 1 N–H and O–H groups in total. The molecular weight excluding hydrogens is 275 g/mol. The van der Waals surface area contributed by atoms with E-state index in [1.165, 1.54) is 0 Å². The molecule has 0 unspecified atom stereocenters. The summed E-state index contributed by atoms with van der Waals surface area (Å²) in [7, 11) is 0. The van der Waals surface area contributed by atoms with E-state index in [2.05, 4.69) is 20.3 Å². The number of aromatic nitrogens is 2. The Balaban J connectivity index is 2.22. The second kappa shape index (κ2) is 7.03. The van der Waals surface area contributed by atoms with Crippen LogP contribution in [0.3, 0.4) is 0 Å². The maximum Gasteiger partial charge on any atom is 0.411 e. The fourth-order valence-electron chi connectivity index (χ4n) is 1.38. The molecule has 0 aliphatic heterocycles. The van der Waals surface area contributed by atoms with Gasteiger partial charge in [0.05, 0.1) is 6.61 Å².